The fourth-order valence-corrected chi connectivity index (χ4v) is 1.70. The molecule has 10 heavy (non-hydrogen) atoms. The van der Waals surface area contributed by atoms with Gasteiger partial charge in [-0.15, -0.1) is 0 Å². The van der Waals surface area contributed by atoms with E-state index >= 15 is 0 Å². The van der Waals surface area contributed by atoms with Gasteiger partial charge in [-0.1, -0.05) is 0 Å². The molecule has 2 aliphatic carbocycles. The molecule has 0 N–H and O–H groups in total. The van der Waals surface area contributed by atoms with Crippen LogP contribution >= 0.6 is 0 Å². The second kappa shape index (κ2) is 1.60. The predicted molar refractivity (Wildman–Crippen MR) is 36.3 cm³/mol. The summed E-state index contributed by atoms with van der Waals surface area (Å²) < 4.78 is 0. The van der Waals surface area contributed by atoms with E-state index in [1.807, 2.05) is 0 Å². The highest BCUT2D eigenvalue weighted by atomic mass is 16.1. The largest absolute Gasteiger partial charge is 0.309 e. The van der Waals surface area contributed by atoms with Gasteiger partial charge in [0.25, 0.3) is 6.54 Å². The number of ketones is 1. The molecule has 2 fully saturated rings. The van der Waals surface area contributed by atoms with E-state index < -0.39 is 0 Å². The summed E-state index contributed by atoms with van der Waals surface area (Å²) >= 11 is 0. The van der Waals surface area contributed by atoms with E-state index in [4.69, 9.17) is 6.57 Å². The van der Waals surface area contributed by atoms with Gasteiger partial charge in [0, 0.05) is 5.92 Å². The molecule has 1 spiro atoms. The zero-order valence-corrected chi connectivity index (χ0v) is 5.76. The Kier molecular flexibility index (Phi) is 0.947. The van der Waals surface area contributed by atoms with Crippen LogP contribution in [0.5, 0.6) is 0 Å². The first-order valence-electron chi connectivity index (χ1n) is 3.64. The van der Waals surface area contributed by atoms with Crippen molar-refractivity contribution in [3.05, 3.63) is 11.4 Å². The molecule has 1 unspecified atom stereocenters. The summed E-state index contributed by atoms with van der Waals surface area (Å²) in [5.74, 6) is 0.481. The van der Waals surface area contributed by atoms with Crippen LogP contribution in [0.3, 0.4) is 0 Å². The van der Waals surface area contributed by atoms with Crippen LogP contribution < -0.4 is 0 Å². The number of rotatable bonds is 2. The highest BCUT2D eigenvalue weighted by molar-refractivity contribution is 5.88. The van der Waals surface area contributed by atoms with Gasteiger partial charge in [0.2, 0.25) is 5.78 Å². The minimum atomic E-state index is 0.117. The molecule has 0 aromatic carbocycles. The van der Waals surface area contributed by atoms with Crippen molar-refractivity contribution in [1.29, 1.82) is 0 Å². The molecule has 2 rings (SSSR count). The van der Waals surface area contributed by atoms with Gasteiger partial charge >= 0.3 is 0 Å². The lowest BCUT2D eigenvalue weighted by atomic mass is 10.2. The summed E-state index contributed by atoms with van der Waals surface area (Å²) in [6.07, 6.45) is 3.56. The van der Waals surface area contributed by atoms with Crippen LogP contribution in [0.4, 0.5) is 0 Å². The van der Waals surface area contributed by atoms with Crippen molar-refractivity contribution in [2.75, 3.05) is 6.54 Å². The first kappa shape index (κ1) is 5.91. The van der Waals surface area contributed by atoms with Gasteiger partial charge in [-0.2, -0.15) is 0 Å². The van der Waals surface area contributed by atoms with Crippen LogP contribution in [-0.2, 0) is 4.79 Å². The molecule has 0 saturated heterocycles. The second-order valence-corrected chi connectivity index (χ2v) is 3.40. The van der Waals surface area contributed by atoms with Crippen molar-refractivity contribution in [1.82, 2.24) is 0 Å². The Balaban J connectivity index is 1.92. The molecule has 2 saturated carbocycles. The smallest absolute Gasteiger partial charge is 0.272 e. The van der Waals surface area contributed by atoms with Crippen molar-refractivity contribution >= 4 is 5.78 Å². The predicted octanol–water partition coefficient (Wildman–Crippen LogP) is 1.27. The lowest BCUT2D eigenvalue weighted by molar-refractivity contribution is -0.118. The number of nitrogens with zero attached hydrogens (tertiary/aromatic N) is 1. The van der Waals surface area contributed by atoms with Crippen LogP contribution in [0, 0.1) is 17.9 Å². The molecule has 0 radical (unpaired) electrons. The van der Waals surface area contributed by atoms with Crippen molar-refractivity contribution < 1.29 is 4.79 Å². The molecule has 0 aliphatic heterocycles. The Morgan fingerprint density at radius 3 is 2.80 bits per heavy atom. The normalized spacial score (nSPS) is 31.3. The Hall–Kier alpha value is -0.840. The molecule has 0 amide bonds. The van der Waals surface area contributed by atoms with Gasteiger partial charge in [0.05, 0.1) is 0 Å². The maximum absolute atomic E-state index is 11.0. The zero-order chi connectivity index (χ0) is 7.19. The van der Waals surface area contributed by atoms with E-state index in [1.54, 1.807) is 0 Å². The highest BCUT2D eigenvalue weighted by Gasteiger charge is 2.65. The first-order valence-corrected chi connectivity index (χ1v) is 3.64. The molecule has 52 valence electrons. The summed E-state index contributed by atoms with van der Waals surface area (Å²) in [6.45, 7) is 6.63. The van der Waals surface area contributed by atoms with Crippen LogP contribution in [0.25, 0.3) is 4.85 Å². The van der Waals surface area contributed by atoms with Crippen molar-refractivity contribution in [2.24, 2.45) is 11.3 Å². The number of carbonyl (C=O) groups is 1. The SMILES string of the molecule is [C-]#[N+]CC(=O)C1CC12CC2. The molecule has 2 heteroatoms. The van der Waals surface area contributed by atoms with Gasteiger partial charge in [-0.05, 0) is 24.7 Å². The van der Waals surface area contributed by atoms with Crippen molar-refractivity contribution in [3.63, 3.8) is 0 Å². The van der Waals surface area contributed by atoms with Crippen molar-refractivity contribution in [2.45, 2.75) is 19.3 Å². The molecular formula is C8H9NO. The van der Waals surface area contributed by atoms with Gasteiger partial charge in [-0.25, -0.2) is 6.57 Å². The lowest BCUT2D eigenvalue weighted by Gasteiger charge is -1.85. The molecule has 2 nitrogen and oxygen atoms in total. The van der Waals surface area contributed by atoms with Crippen LogP contribution in [-0.4, -0.2) is 12.3 Å². The quantitative estimate of drug-likeness (QED) is 0.522. The molecule has 0 heterocycles. The minimum absolute atomic E-state index is 0.117. The number of hydrogen-bond acceptors (Lipinski definition) is 1. The Labute approximate surface area is 60.0 Å². The minimum Gasteiger partial charge on any atom is -0.309 e. The van der Waals surface area contributed by atoms with Gasteiger partial charge in [0.15, 0.2) is 0 Å². The molecule has 1 atom stereocenters. The lowest BCUT2D eigenvalue weighted by Crippen LogP contribution is -2.04. The average molecular weight is 135 g/mol. The van der Waals surface area contributed by atoms with Crippen LogP contribution in [0.1, 0.15) is 19.3 Å². The molecule has 0 aromatic heterocycles. The third kappa shape index (κ3) is 0.668. The number of Topliss-reactive ketones (excluding diaryl/α,β-unsaturated/α-hetero) is 1. The Morgan fingerprint density at radius 2 is 2.40 bits per heavy atom. The average Bonchev–Trinajstić information content (AvgIpc) is 2.76. The first-order chi connectivity index (χ1) is 4.78. The van der Waals surface area contributed by atoms with Gasteiger partial charge in [0.1, 0.15) is 0 Å². The summed E-state index contributed by atoms with van der Waals surface area (Å²) in [4.78, 5) is 14.1. The molecule has 0 bridgehead atoms. The summed E-state index contributed by atoms with van der Waals surface area (Å²) in [5.41, 5.74) is 0.446. The Bertz CT molecular complexity index is 222. The van der Waals surface area contributed by atoms with E-state index in [0.29, 0.717) is 11.3 Å². The van der Waals surface area contributed by atoms with Crippen molar-refractivity contribution in [3.8, 4) is 0 Å². The maximum Gasteiger partial charge on any atom is 0.272 e. The third-order valence-corrected chi connectivity index (χ3v) is 2.71. The molecule has 2 aliphatic rings. The Morgan fingerprint density at radius 1 is 1.70 bits per heavy atom. The summed E-state index contributed by atoms with van der Waals surface area (Å²) in [7, 11) is 0. The zero-order valence-electron chi connectivity index (χ0n) is 5.76. The summed E-state index contributed by atoms with van der Waals surface area (Å²) in [5, 5.41) is 0. The van der Waals surface area contributed by atoms with Gasteiger partial charge in [-0.3, -0.25) is 4.79 Å². The van der Waals surface area contributed by atoms with Crippen LogP contribution in [0.15, 0.2) is 0 Å². The van der Waals surface area contributed by atoms with E-state index in [1.165, 1.54) is 12.8 Å². The number of hydrogen-bond donors (Lipinski definition) is 0. The third-order valence-electron chi connectivity index (χ3n) is 2.71. The maximum atomic E-state index is 11.0. The molecule has 0 aromatic rings. The second-order valence-electron chi connectivity index (χ2n) is 3.40. The van der Waals surface area contributed by atoms with Crippen LogP contribution in [0.2, 0.25) is 0 Å². The number of carbonyl (C=O) groups excluding carboxylic acids is 1. The standard InChI is InChI=1S/C8H9NO/c1-9-5-7(10)6-4-8(6)2-3-8/h6H,2-5H2. The van der Waals surface area contributed by atoms with E-state index in [-0.39, 0.29) is 12.3 Å². The van der Waals surface area contributed by atoms with Gasteiger partial charge < -0.3 is 4.85 Å². The summed E-state index contributed by atoms with van der Waals surface area (Å²) in [6, 6.07) is 0. The van der Waals surface area contributed by atoms with E-state index in [0.717, 1.165) is 6.42 Å². The highest BCUT2D eigenvalue weighted by Crippen LogP contribution is 2.70. The monoisotopic (exact) mass is 135 g/mol. The van der Waals surface area contributed by atoms with E-state index in [2.05, 4.69) is 4.85 Å². The fourth-order valence-electron chi connectivity index (χ4n) is 1.70. The fraction of sp³-hybridized carbons (Fsp3) is 0.750. The topological polar surface area (TPSA) is 21.4 Å². The van der Waals surface area contributed by atoms with E-state index in [9.17, 15) is 4.79 Å². The molecular weight excluding hydrogens is 126 g/mol.